The SMILES string of the molecule is Cc1ccc2c3c1OC1C(=O)CC[C@@H]4[C@H](C2)N(C(=O)C2CCC2)CCC314. The van der Waals surface area contributed by atoms with E-state index < -0.39 is 0 Å². The van der Waals surface area contributed by atoms with Crippen LogP contribution in [0.15, 0.2) is 12.1 Å². The van der Waals surface area contributed by atoms with Crippen LogP contribution in [0.3, 0.4) is 0 Å². The van der Waals surface area contributed by atoms with Gasteiger partial charge in [-0.15, -0.1) is 0 Å². The van der Waals surface area contributed by atoms with E-state index in [1.807, 2.05) is 0 Å². The number of Topliss-reactive ketones (excluding diaryl/α,β-unsaturated/α-hetero) is 1. The van der Waals surface area contributed by atoms with E-state index in [-0.39, 0.29) is 29.3 Å². The zero-order valence-electron chi connectivity index (χ0n) is 15.3. The Morgan fingerprint density at radius 3 is 2.88 bits per heavy atom. The van der Waals surface area contributed by atoms with Crippen LogP contribution in [0.25, 0.3) is 0 Å². The van der Waals surface area contributed by atoms with Crippen molar-refractivity contribution >= 4 is 11.7 Å². The van der Waals surface area contributed by atoms with Crippen molar-refractivity contribution in [1.29, 1.82) is 0 Å². The summed E-state index contributed by atoms with van der Waals surface area (Å²) in [6.07, 6.45) is 6.30. The molecule has 0 radical (unpaired) electrons. The summed E-state index contributed by atoms with van der Waals surface area (Å²) in [5.74, 6) is 2.24. The average Bonchev–Trinajstić information content (AvgIpc) is 2.92. The first-order chi connectivity index (χ1) is 12.6. The first-order valence-corrected chi connectivity index (χ1v) is 10.2. The number of benzene rings is 1. The summed E-state index contributed by atoms with van der Waals surface area (Å²) >= 11 is 0. The van der Waals surface area contributed by atoms with E-state index in [1.165, 1.54) is 17.5 Å². The molecule has 26 heavy (non-hydrogen) atoms. The first-order valence-electron chi connectivity index (χ1n) is 10.2. The highest BCUT2D eigenvalue weighted by molar-refractivity contribution is 5.89. The molecule has 4 heteroatoms. The summed E-state index contributed by atoms with van der Waals surface area (Å²) in [5, 5.41) is 0. The maximum absolute atomic E-state index is 13.1. The second-order valence-corrected chi connectivity index (χ2v) is 9.08. The van der Waals surface area contributed by atoms with Crippen LogP contribution in [-0.2, 0) is 21.4 Å². The molecule has 5 aliphatic rings. The molecule has 2 saturated carbocycles. The Kier molecular flexibility index (Phi) is 2.87. The number of nitrogens with zero attached hydrogens (tertiary/aromatic N) is 1. The van der Waals surface area contributed by atoms with Crippen molar-refractivity contribution in [2.45, 2.75) is 69.4 Å². The van der Waals surface area contributed by atoms with Crippen LogP contribution < -0.4 is 4.74 Å². The minimum absolute atomic E-state index is 0.175. The van der Waals surface area contributed by atoms with Gasteiger partial charge in [-0.25, -0.2) is 0 Å². The fourth-order valence-corrected chi connectivity index (χ4v) is 6.64. The number of hydrogen-bond acceptors (Lipinski definition) is 3. The second-order valence-electron chi connectivity index (χ2n) is 9.08. The van der Waals surface area contributed by atoms with Gasteiger partial charge in [-0.3, -0.25) is 9.59 Å². The normalized spacial score (nSPS) is 37.0. The molecule has 2 aliphatic heterocycles. The van der Waals surface area contributed by atoms with Gasteiger partial charge in [-0.05, 0) is 56.1 Å². The van der Waals surface area contributed by atoms with Gasteiger partial charge >= 0.3 is 0 Å². The highest BCUT2D eigenvalue weighted by atomic mass is 16.5. The molecule has 1 aromatic carbocycles. The number of ketones is 1. The monoisotopic (exact) mass is 351 g/mol. The van der Waals surface area contributed by atoms with Crippen LogP contribution >= 0.6 is 0 Å². The Morgan fingerprint density at radius 1 is 1.27 bits per heavy atom. The van der Waals surface area contributed by atoms with Gasteiger partial charge < -0.3 is 9.64 Å². The summed E-state index contributed by atoms with van der Waals surface area (Å²) in [7, 11) is 0. The molecule has 4 nitrogen and oxygen atoms in total. The maximum Gasteiger partial charge on any atom is 0.225 e. The van der Waals surface area contributed by atoms with E-state index >= 15 is 0 Å². The fourth-order valence-electron chi connectivity index (χ4n) is 6.64. The number of amides is 1. The molecule has 3 fully saturated rings. The molecule has 1 amide bonds. The predicted molar refractivity (Wildman–Crippen MR) is 96.2 cm³/mol. The molecule has 4 atom stereocenters. The van der Waals surface area contributed by atoms with Gasteiger partial charge in [0, 0.05) is 35.9 Å². The van der Waals surface area contributed by atoms with E-state index in [4.69, 9.17) is 4.74 Å². The molecule has 1 aromatic rings. The van der Waals surface area contributed by atoms with Crippen LogP contribution in [0.2, 0.25) is 0 Å². The highest BCUT2D eigenvalue weighted by Crippen LogP contribution is 2.62. The summed E-state index contributed by atoms with van der Waals surface area (Å²) < 4.78 is 6.34. The topological polar surface area (TPSA) is 46.6 Å². The van der Waals surface area contributed by atoms with Crippen molar-refractivity contribution in [2.75, 3.05) is 6.54 Å². The molecule has 0 aromatic heterocycles. The maximum atomic E-state index is 13.1. The highest BCUT2D eigenvalue weighted by Gasteiger charge is 2.66. The Bertz CT molecular complexity index is 842. The number of piperidine rings is 1. The zero-order chi connectivity index (χ0) is 17.6. The predicted octanol–water partition coefficient (Wildman–Crippen LogP) is 2.93. The molecule has 3 aliphatic carbocycles. The molecular weight excluding hydrogens is 326 g/mol. The average molecular weight is 351 g/mol. The molecule has 2 heterocycles. The van der Waals surface area contributed by atoms with Crippen molar-refractivity contribution in [1.82, 2.24) is 4.90 Å². The minimum atomic E-state index is -0.320. The molecule has 1 spiro atoms. The van der Waals surface area contributed by atoms with Crippen molar-refractivity contribution in [3.05, 3.63) is 28.8 Å². The molecule has 2 unspecified atom stereocenters. The van der Waals surface area contributed by atoms with Crippen LogP contribution in [-0.4, -0.2) is 35.3 Å². The lowest BCUT2D eigenvalue weighted by atomic mass is 9.51. The Balaban J connectivity index is 1.51. The third kappa shape index (κ3) is 1.62. The number of rotatable bonds is 1. The lowest BCUT2D eigenvalue weighted by Crippen LogP contribution is -2.67. The number of ether oxygens (including phenoxy) is 1. The largest absolute Gasteiger partial charge is 0.481 e. The standard InChI is InChI=1S/C22H25NO3/c1-12-5-6-14-11-16-15-7-8-17(24)20-22(15,18(14)19(12)26-20)9-10-23(16)21(25)13-3-2-4-13/h5-6,13,15-16,20H,2-4,7-11H2,1H3/t15-,16+,20?,22?/m1/s1. The zero-order valence-corrected chi connectivity index (χ0v) is 15.3. The second kappa shape index (κ2) is 4.90. The number of likely N-dealkylation sites (tertiary alicyclic amines) is 1. The van der Waals surface area contributed by atoms with Gasteiger partial charge in [0.25, 0.3) is 0 Å². The van der Waals surface area contributed by atoms with Crippen LogP contribution in [0.5, 0.6) is 5.75 Å². The lowest BCUT2D eigenvalue weighted by Gasteiger charge is -2.58. The molecule has 1 saturated heterocycles. The van der Waals surface area contributed by atoms with Gasteiger partial charge in [0.05, 0.1) is 0 Å². The summed E-state index contributed by atoms with van der Waals surface area (Å²) in [4.78, 5) is 28.1. The number of hydrogen-bond donors (Lipinski definition) is 0. The smallest absolute Gasteiger partial charge is 0.225 e. The van der Waals surface area contributed by atoms with Crippen molar-refractivity contribution in [3.63, 3.8) is 0 Å². The van der Waals surface area contributed by atoms with Gasteiger partial charge in [0.2, 0.25) is 5.91 Å². The van der Waals surface area contributed by atoms with Crippen LogP contribution in [0.1, 0.15) is 55.2 Å². The third-order valence-corrected chi connectivity index (χ3v) is 8.06. The van der Waals surface area contributed by atoms with E-state index in [1.54, 1.807) is 0 Å². The fraction of sp³-hybridized carbons (Fsp3) is 0.636. The Hall–Kier alpha value is -1.84. The molecule has 2 bridgehead atoms. The Morgan fingerprint density at radius 2 is 2.12 bits per heavy atom. The van der Waals surface area contributed by atoms with Crippen LogP contribution in [0, 0.1) is 18.8 Å². The third-order valence-electron chi connectivity index (χ3n) is 8.06. The van der Waals surface area contributed by atoms with Crippen LogP contribution in [0.4, 0.5) is 0 Å². The molecule has 6 rings (SSSR count). The molecular formula is C22H25NO3. The van der Waals surface area contributed by atoms with Crippen molar-refractivity contribution in [2.24, 2.45) is 11.8 Å². The van der Waals surface area contributed by atoms with Gasteiger partial charge in [0.15, 0.2) is 11.9 Å². The van der Waals surface area contributed by atoms with E-state index in [2.05, 4.69) is 24.0 Å². The minimum Gasteiger partial charge on any atom is -0.481 e. The first kappa shape index (κ1) is 15.2. The number of carbonyl (C=O) groups excluding carboxylic acids is 2. The summed E-state index contributed by atoms with van der Waals surface area (Å²) in [6, 6.07) is 4.60. The lowest BCUT2D eigenvalue weighted by molar-refractivity contribution is -0.153. The quantitative estimate of drug-likeness (QED) is 0.782. The van der Waals surface area contributed by atoms with Crippen molar-refractivity contribution < 1.29 is 14.3 Å². The van der Waals surface area contributed by atoms with Gasteiger partial charge in [-0.1, -0.05) is 18.6 Å². The summed E-state index contributed by atoms with van der Waals surface area (Å²) in [5.41, 5.74) is 3.61. The van der Waals surface area contributed by atoms with E-state index in [0.29, 0.717) is 18.2 Å². The van der Waals surface area contributed by atoms with E-state index in [9.17, 15) is 9.59 Å². The number of aryl methyl sites for hydroxylation is 1. The van der Waals surface area contributed by atoms with Gasteiger partial charge in [0.1, 0.15) is 5.75 Å². The van der Waals surface area contributed by atoms with E-state index in [0.717, 1.165) is 50.0 Å². The molecule has 0 N–H and O–H groups in total. The summed E-state index contributed by atoms with van der Waals surface area (Å²) in [6.45, 7) is 2.88. The Labute approximate surface area is 153 Å². The van der Waals surface area contributed by atoms with Crippen molar-refractivity contribution in [3.8, 4) is 5.75 Å². The number of carbonyl (C=O) groups is 2. The van der Waals surface area contributed by atoms with Gasteiger partial charge in [-0.2, -0.15) is 0 Å². The molecule has 136 valence electrons.